The van der Waals surface area contributed by atoms with Gasteiger partial charge in [-0.05, 0) is 32.3 Å². The first-order valence-electron chi connectivity index (χ1n) is 8.31. The molecule has 1 heterocycles. The Morgan fingerprint density at radius 2 is 2.00 bits per heavy atom. The number of hydrogen-bond donors (Lipinski definition) is 2. The monoisotopic (exact) mass is 296 g/mol. The molecule has 0 radical (unpaired) electrons. The van der Waals surface area contributed by atoms with Crippen LogP contribution in [0.5, 0.6) is 0 Å². The quantitative estimate of drug-likeness (QED) is 0.487. The van der Waals surface area contributed by atoms with E-state index in [1.165, 1.54) is 0 Å². The Hall–Kier alpha value is -0.910. The molecule has 0 bridgehead atoms. The van der Waals surface area contributed by atoms with Crippen molar-refractivity contribution in [3.05, 3.63) is 18.0 Å². The molecular weight excluding hydrogens is 264 g/mol. The van der Waals surface area contributed by atoms with Gasteiger partial charge in [-0.15, -0.1) is 0 Å². The summed E-state index contributed by atoms with van der Waals surface area (Å²) in [7, 11) is 0. The van der Waals surface area contributed by atoms with Gasteiger partial charge in [-0.2, -0.15) is 5.10 Å². The van der Waals surface area contributed by atoms with Crippen molar-refractivity contribution in [1.82, 2.24) is 15.2 Å². The number of ether oxygens (including phenoxy) is 1. The van der Waals surface area contributed by atoms with Crippen LogP contribution >= 0.6 is 0 Å². The highest BCUT2D eigenvalue weighted by molar-refractivity contribution is 5.03. The van der Waals surface area contributed by atoms with Gasteiger partial charge < -0.3 is 4.74 Å². The number of nitrogens with zero attached hydrogens (tertiary/aromatic N) is 2. The molecule has 0 aliphatic carbocycles. The van der Waals surface area contributed by atoms with E-state index in [-0.39, 0.29) is 12.1 Å². The first-order valence-corrected chi connectivity index (χ1v) is 8.31. The maximum atomic E-state index is 5.83. The number of hydrazine groups is 1. The van der Waals surface area contributed by atoms with Crippen molar-refractivity contribution in [2.24, 2.45) is 5.84 Å². The average Bonchev–Trinajstić information content (AvgIpc) is 2.94. The standard InChI is InChI=1S/C16H32N4O/c1-5-9-16(21-8-4)15(18-17)12-13-10-11-20(19-13)14(6-2)7-3/h10-11,14-16,18H,5-9,12,17H2,1-4H3. The molecule has 2 atom stereocenters. The summed E-state index contributed by atoms with van der Waals surface area (Å²) in [6, 6.07) is 2.69. The third-order valence-corrected chi connectivity index (χ3v) is 4.03. The maximum absolute atomic E-state index is 5.83. The second-order valence-corrected chi connectivity index (χ2v) is 5.52. The normalized spacial score (nSPS) is 14.6. The molecule has 0 spiro atoms. The van der Waals surface area contributed by atoms with Gasteiger partial charge in [0, 0.05) is 19.2 Å². The molecule has 5 nitrogen and oxygen atoms in total. The first kappa shape index (κ1) is 18.1. The predicted octanol–water partition coefficient (Wildman–Crippen LogP) is 2.82. The number of hydrogen-bond acceptors (Lipinski definition) is 4. The van der Waals surface area contributed by atoms with Gasteiger partial charge in [0.25, 0.3) is 0 Å². The van der Waals surface area contributed by atoms with Crippen molar-refractivity contribution in [3.63, 3.8) is 0 Å². The van der Waals surface area contributed by atoms with Gasteiger partial charge >= 0.3 is 0 Å². The molecule has 0 saturated heterocycles. The van der Waals surface area contributed by atoms with Crippen molar-refractivity contribution in [2.45, 2.75) is 78.0 Å². The van der Waals surface area contributed by atoms with Crippen LogP contribution < -0.4 is 11.3 Å². The van der Waals surface area contributed by atoms with Gasteiger partial charge in [0.05, 0.1) is 23.9 Å². The van der Waals surface area contributed by atoms with Crippen LogP contribution in [0, 0.1) is 0 Å². The number of rotatable bonds is 11. The van der Waals surface area contributed by atoms with Crippen LogP contribution in [0.3, 0.4) is 0 Å². The second-order valence-electron chi connectivity index (χ2n) is 5.52. The summed E-state index contributed by atoms with van der Waals surface area (Å²) < 4.78 is 7.91. The average molecular weight is 296 g/mol. The lowest BCUT2D eigenvalue weighted by molar-refractivity contribution is 0.0279. The fourth-order valence-electron chi connectivity index (χ4n) is 2.77. The lowest BCUT2D eigenvalue weighted by atomic mass is 10.0. The van der Waals surface area contributed by atoms with Crippen LogP contribution in [-0.2, 0) is 11.2 Å². The highest BCUT2D eigenvalue weighted by atomic mass is 16.5. The zero-order valence-corrected chi connectivity index (χ0v) is 14.0. The molecule has 1 aromatic heterocycles. The second kappa shape index (κ2) is 9.92. The predicted molar refractivity (Wildman–Crippen MR) is 87.0 cm³/mol. The van der Waals surface area contributed by atoms with Crippen molar-refractivity contribution >= 4 is 0 Å². The summed E-state index contributed by atoms with van der Waals surface area (Å²) in [6.45, 7) is 9.31. The van der Waals surface area contributed by atoms with E-state index in [0.29, 0.717) is 12.6 Å². The summed E-state index contributed by atoms with van der Waals surface area (Å²) in [5.74, 6) is 5.74. The SMILES string of the molecule is CCCC(OCC)C(Cc1ccn(C(CC)CC)n1)NN. The van der Waals surface area contributed by atoms with Crippen LogP contribution in [0.1, 0.15) is 65.1 Å². The highest BCUT2D eigenvalue weighted by Gasteiger charge is 2.21. The number of nitrogens with one attached hydrogen (secondary N) is 1. The lowest BCUT2D eigenvalue weighted by Crippen LogP contribution is -2.46. The summed E-state index contributed by atoms with van der Waals surface area (Å²) in [4.78, 5) is 0. The third kappa shape index (κ3) is 5.41. The number of aromatic nitrogens is 2. The smallest absolute Gasteiger partial charge is 0.0745 e. The molecule has 0 amide bonds. The van der Waals surface area contributed by atoms with Crippen LogP contribution in [0.2, 0.25) is 0 Å². The molecule has 0 aromatic carbocycles. The van der Waals surface area contributed by atoms with Crippen molar-refractivity contribution in [3.8, 4) is 0 Å². The van der Waals surface area contributed by atoms with Crippen LogP contribution in [0.25, 0.3) is 0 Å². The molecule has 0 fully saturated rings. The van der Waals surface area contributed by atoms with Crippen molar-refractivity contribution in [1.29, 1.82) is 0 Å². The fourth-order valence-corrected chi connectivity index (χ4v) is 2.77. The lowest BCUT2D eigenvalue weighted by Gasteiger charge is -2.25. The fraction of sp³-hybridized carbons (Fsp3) is 0.812. The highest BCUT2D eigenvalue weighted by Crippen LogP contribution is 2.16. The molecule has 1 rings (SSSR count). The Kier molecular flexibility index (Phi) is 8.57. The van der Waals surface area contributed by atoms with E-state index in [4.69, 9.17) is 15.7 Å². The van der Waals surface area contributed by atoms with Gasteiger partial charge in [0.2, 0.25) is 0 Å². The molecular formula is C16H32N4O. The Balaban J connectivity index is 2.71. The molecule has 21 heavy (non-hydrogen) atoms. The molecule has 1 aromatic rings. The van der Waals surface area contributed by atoms with E-state index >= 15 is 0 Å². The number of nitrogens with two attached hydrogens (primary N) is 1. The van der Waals surface area contributed by atoms with E-state index in [1.54, 1.807) is 0 Å². The molecule has 0 saturated carbocycles. The van der Waals surface area contributed by atoms with E-state index in [0.717, 1.165) is 37.8 Å². The summed E-state index contributed by atoms with van der Waals surface area (Å²) in [5.41, 5.74) is 3.99. The van der Waals surface area contributed by atoms with Gasteiger partial charge in [-0.25, -0.2) is 0 Å². The van der Waals surface area contributed by atoms with Crippen LogP contribution in [0.15, 0.2) is 12.3 Å². The molecule has 2 unspecified atom stereocenters. The Labute approximate surface area is 129 Å². The van der Waals surface area contributed by atoms with Gasteiger partial charge in [0.15, 0.2) is 0 Å². The molecule has 122 valence electrons. The summed E-state index contributed by atoms with van der Waals surface area (Å²) >= 11 is 0. The molecule has 0 aliphatic rings. The molecule has 5 heteroatoms. The Bertz CT molecular complexity index is 370. The first-order chi connectivity index (χ1) is 10.2. The molecule has 0 aliphatic heterocycles. The Morgan fingerprint density at radius 1 is 1.29 bits per heavy atom. The minimum Gasteiger partial charge on any atom is -0.377 e. The maximum Gasteiger partial charge on any atom is 0.0745 e. The van der Waals surface area contributed by atoms with Crippen LogP contribution in [-0.4, -0.2) is 28.5 Å². The van der Waals surface area contributed by atoms with E-state index in [2.05, 4.69) is 43.1 Å². The zero-order valence-electron chi connectivity index (χ0n) is 14.0. The van der Waals surface area contributed by atoms with E-state index in [1.807, 2.05) is 6.92 Å². The summed E-state index contributed by atoms with van der Waals surface area (Å²) in [5, 5.41) is 4.71. The van der Waals surface area contributed by atoms with Crippen LogP contribution in [0.4, 0.5) is 0 Å². The Morgan fingerprint density at radius 3 is 2.52 bits per heavy atom. The van der Waals surface area contributed by atoms with E-state index < -0.39 is 0 Å². The largest absolute Gasteiger partial charge is 0.377 e. The zero-order chi connectivity index (χ0) is 15.7. The van der Waals surface area contributed by atoms with Crippen molar-refractivity contribution in [2.75, 3.05) is 6.61 Å². The minimum atomic E-state index is 0.106. The summed E-state index contributed by atoms with van der Waals surface area (Å²) in [6.07, 6.45) is 7.33. The molecule has 3 N–H and O–H groups in total. The third-order valence-electron chi connectivity index (χ3n) is 4.03. The van der Waals surface area contributed by atoms with E-state index in [9.17, 15) is 0 Å². The topological polar surface area (TPSA) is 65.1 Å². The van der Waals surface area contributed by atoms with Crippen molar-refractivity contribution < 1.29 is 4.74 Å². The van der Waals surface area contributed by atoms with Gasteiger partial charge in [0.1, 0.15) is 0 Å². The van der Waals surface area contributed by atoms with Gasteiger partial charge in [-0.3, -0.25) is 16.0 Å². The minimum absolute atomic E-state index is 0.106. The van der Waals surface area contributed by atoms with Gasteiger partial charge in [-0.1, -0.05) is 27.2 Å².